The molecule has 4 saturated carbocycles. The number of nitrogens with one attached hydrogen (secondary N) is 1. The summed E-state index contributed by atoms with van der Waals surface area (Å²) in [5, 5.41) is 13.1. The van der Waals surface area contributed by atoms with Gasteiger partial charge in [0.25, 0.3) is 5.91 Å². The maximum Gasteiger partial charge on any atom is 0.345 e. The normalized spacial score (nSPS) is 32.9. The number of carbonyl (C=O) groups excluding carboxylic acids is 1. The number of hydrogen-bond acceptors (Lipinski definition) is 6. The summed E-state index contributed by atoms with van der Waals surface area (Å²) in [4.78, 5) is 31.5. The van der Waals surface area contributed by atoms with Crippen molar-refractivity contribution in [2.24, 2.45) is 23.7 Å². The summed E-state index contributed by atoms with van der Waals surface area (Å²) in [6, 6.07) is 3.66. The van der Waals surface area contributed by atoms with Crippen LogP contribution in [-0.2, 0) is 9.53 Å². The van der Waals surface area contributed by atoms with Gasteiger partial charge in [0.05, 0.1) is 11.2 Å². The van der Waals surface area contributed by atoms with Gasteiger partial charge >= 0.3 is 12.6 Å². The first-order chi connectivity index (χ1) is 17.2. The van der Waals surface area contributed by atoms with Crippen LogP contribution in [0.25, 0.3) is 0 Å². The smallest absolute Gasteiger partial charge is 0.345 e. The fourth-order valence-electron chi connectivity index (χ4n) is 7.29. The van der Waals surface area contributed by atoms with E-state index in [1.807, 2.05) is 12.1 Å². The van der Waals surface area contributed by atoms with E-state index in [4.69, 9.17) is 14.8 Å². The van der Waals surface area contributed by atoms with Gasteiger partial charge in [-0.2, -0.15) is 8.78 Å². The number of pyridine rings is 1. The third-order valence-electron chi connectivity index (χ3n) is 8.46. The van der Waals surface area contributed by atoms with E-state index in [-0.39, 0.29) is 36.1 Å². The molecule has 0 spiro atoms. The molecule has 5 aliphatic rings. The molecule has 1 amide bonds. The first kappa shape index (κ1) is 25.7. The monoisotopic (exact) mass is 523 g/mol. The maximum absolute atomic E-state index is 13.5. The second-order valence-corrected chi connectivity index (χ2v) is 12.2. The molecule has 0 aromatic carbocycles. The number of halogens is 2. The number of carbonyl (C=O) groups is 2. The third-order valence-corrected chi connectivity index (χ3v) is 9.66. The van der Waals surface area contributed by atoms with Gasteiger partial charge in [0, 0.05) is 25.6 Å². The first-order valence-corrected chi connectivity index (χ1v) is 14.1. The molecule has 4 aliphatic carbocycles. The topological polar surface area (TPSA) is 91.8 Å². The van der Waals surface area contributed by atoms with Crippen LogP contribution in [-0.4, -0.2) is 59.1 Å². The molecule has 36 heavy (non-hydrogen) atoms. The van der Waals surface area contributed by atoms with Crippen molar-refractivity contribution >= 4 is 29.5 Å². The number of carboxylic acid groups (broad SMARTS) is 1. The van der Waals surface area contributed by atoms with Crippen molar-refractivity contribution in [2.45, 2.75) is 81.6 Å². The highest BCUT2D eigenvalue weighted by atomic mass is 32.2. The number of nitrogens with zero attached hydrogens (tertiary/aromatic N) is 2. The minimum Gasteiger partial charge on any atom is -0.481 e. The minimum absolute atomic E-state index is 0.0255. The average Bonchev–Trinajstić information content (AvgIpc) is 3.26. The number of anilines is 1. The van der Waals surface area contributed by atoms with Crippen LogP contribution >= 0.6 is 11.8 Å². The fraction of sp³-hybridized carbons (Fsp3) is 0.731. The van der Waals surface area contributed by atoms with E-state index < -0.39 is 18.2 Å². The van der Waals surface area contributed by atoms with Crippen molar-refractivity contribution in [3.05, 3.63) is 17.7 Å². The van der Waals surface area contributed by atoms with Crippen molar-refractivity contribution in [3.63, 3.8) is 0 Å². The summed E-state index contributed by atoms with van der Waals surface area (Å²) in [5.74, 6) is 1.50. The van der Waals surface area contributed by atoms with Gasteiger partial charge in [-0.3, -0.25) is 9.59 Å². The van der Waals surface area contributed by atoms with Crippen LogP contribution in [0.4, 0.5) is 14.6 Å². The van der Waals surface area contributed by atoms with E-state index in [2.05, 4.69) is 17.1 Å². The van der Waals surface area contributed by atoms with E-state index >= 15 is 0 Å². The average molecular weight is 524 g/mol. The van der Waals surface area contributed by atoms with Gasteiger partial charge < -0.3 is 20.1 Å². The van der Waals surface area contributed by atoms with E-state index in [0.29, 0.717) is 42.3 Å². The third kappa shape index (κ3) is 5.35. The Labute approximate surface area is 214 Å². The molecule has 0 radical (unpaired) electrons. The summed E-state index contributed by atoms with van der Waals surface area (Å²) in [5.41, 5.74) is -0.184. The number of alkyl halides is 2. The lowest BCUT2D eigenvalue weighted by molar-refractivity contribution is -0.260. The van der Waals surface area contributed by atoms with Crippen molar-refractivity contribution in [1.82, 2.24) is 10.3 Å². The second-order valence-electron chi connectivity index (χ2n) is 11.1. The second kappa shape index (κ2) is 10.4. The Morgan fingerprint density at radius 2 is 2.03 bits per heavy atom. The van der Waals surface area contributed by atoms with Crippen LogP contribution in [0.15, 0.2) is 17.2 Å². The lowest BCUT2D eigenvalue weighted by Crippen LogP contribution is -2.62. The van der Waals surface area contributed by atoms with Gasteiger partial charge in [-0.25, -0.2) is 4.98 Å². The highest BCUT2D eigenvalue weighted by molar-refractivity contribution is 7.99. The number of rotatable bonds is 10. The molecule has 10 heteroatoms. The molecule has 1 saturated heterocycles. The number of hydrogen-bond donors (Lipinski definition) is 2. The van der Waals surface area contributed by atoms with Gasteiger partial charge in [0.15, 0.2) is 0 Å². The molecule has 1 aromatic rings. The Kier molecular flexibility index (Phi) is 7.45. The molecule has 6 rings (SSSR count). The zero-order valence-electron chi connectivity index (χ0n) is 20.6. The molecule has 5 fully saturated rings. The number of aliphatic carboxylic acids is 1. The number of ether oxygens (including phenoxy) is 1. The molecule has 2 heterocycles. The number of aromatic nitrogens is 1. The van der Waals surface area contributed by atoms with Gasteiger partial charge in [-0.05, 0) is 86.5 Å². The number of thioether (sulfide) groups is 1. The molecule has 1 aliphatic heterocycles. The Morgan fingerprint density at radius 3 is 2.69 bits per heavy atom. The summed E-state index contributed by atoms with van der Waals surface area (Å²) in [7, 11) is 0. The lowest BCUT2D eigenvalue weighted by atomic mass is 9.52. The number of carboxylic acids is 1. The van der Waals surface area contributed by atoms with Crippen LogP contribution in [0.3, 0.4) is 0 Å². The minimum atomic E-state index is -2.76. The summed E-state index contributed by atoms with van der Waals surface area (Å²) in [6.45, 7) is 0.729. The van der Waals surface area contributed by atoms with Crippen molar-refractivity contribution in [3.8, 4) is 0 Å². The Hall–Kier alpha value is -1.94. The van der Waals surface area contributed by atoms with E-state index in [1.54, 1.807) is 11.8 Å². The molecule has 2 unspecified atom stereocenters. The summed E-state index contributed by atoms with van der Waals surface area (Å²) >= 11 is 1.56. The molecule has 198 valence electrons. The van der Waals surface area contributed by atoms with Crippen molar-refractivity contribution in [1.29, 1.82) is 0 Å². The summed E-state index contributed by atoms with van der Waals surface area (Å²) < 4.78 is 31.4. The molecule has 4 bridgehead atoms. The molecule has 2 N–H and O–H groups in total. The van der Waals surface area contributed by atoms with Crippen LogP contribution in [0, 0.1) is 23.7 Å². The Morgan fingerprint density at radius 1 is 1.28 bits per heavy atom. The van der Waals surface area contributed by atoms with Crippen molar-refractivity contribution < 1.29 is 28.2 Å². The Bertz CT molecular complexity index is 976. The first-order valence-electron chi connectivity index (χ1n) is 13.1. The molecular weight excluding hydrogens is 488 g/mol. The van der Waals surface area contributed by atoms with Crippen LogP contribution in [0.1, 0.15) is 68.6 Å². The molecular formula is C26H35F2N3O4S. The van der Waals surface area contributed by atoms with Crippen LogP contribution in [0.2, 0.25) is 0 Å². The zero-order valence-corrected chi connectivity index (χ0v) is 21.4. The molecule has 7 nitrogen and oxygen atoms in total. The highest BCUT2D eigenvalue weighted by Crippen LogP contribution is 2.57. The van der Waals surface area contributed by atoms with Gasteiger partial charge in [-0.1, -0.05) is 6.92 Å². The zero-order chi connectivity index (χ0) is 25.4. The predicted octanol–water partition coefficient (Wildman–Crippen LogP) is 4.80. The standard InChI is InChI=1S/C26H35F2N3O4S/c1-2-7-36-24-19(3-4-20(29-24)31-6-5-15(14-31)10-21(32)33)23(34)30-22-17-8-16-9-18(22)13-26(11-16,12-17)35-25(27)28/h3-4,15-18,22,25H,2,5-14H2,1H3,(H,30,34)(H,32,33)/t15-,16?,17?,18?,22-,26+/m1/s1. The lowest BCUT2D eigenvalue weighted by Gasteiger charge is -2.59. The Balaban J connectivity index is 1.30. The van der Waals surface area contributed by atoms with Gasteiger partial charge in [-0.15, -0.1) is 11.8 Å². The van der Waals surface area contributed by atoms with E-state index in [1.165, 1.54) is 0 Å². The van der Waals surface area contributed by atoms with Crippen LogP contribution < -0.4 is 10.2 Å². The SMILES string of the molecule is CCCSc1nc(N2CC[C@H](CC(=O)O)C2)ccc1C(=O)N[C@H]1C2CC3CC1C[C@@](OC(F)F)(C3)C2. The van der Waals surface area contributed by atoms with Crippen molar-refractivity contribution in [2.75, 3.05) is 23.7 Å². The largest absolute Gasteiger partial charge is 0.481 e. The van der Waals surface area contributed by atoms with Crippen LogP contribution in [0.5, 0.6) is 0 Å². The van der Waals surface area contributed by atoms with E-state index in [0.717, 1.165) is 43.8 Å². The number of amides is 1. The van der Waals surface area contributed by atoms with E-state index in [9.17, 15) is 18.4 Å². The predicted molar refractivity (Wildman–Crippen MR) is 132 cm³/mol. The quantitative estimate of drug-likeness (QED) is 0.426. The van der Waals surface area contributed by atoms with Gasteiger partial charge in [0.1, 0.15) is 10.8 Å². The highest BCUT2D eigenvalue weighted by Gasteiger charge is 2.57. The molecule has 1 aromatic heterocycles. The maximum atomic E-state index is 13.5. The summed E-state index contributed by atoms with van der Waals surface area (Å²) in [6.07, 6.45) is 5.69. The van der Waals surface area contributed by atoms with Gasteiger partial charge in [0.2, 0.25) is 0 Å². The molecule has 3 atom stereocenters. The fourth-order valence-corrected chi connectivity index (χ4v) is 8.16.